The number of pyridine rings is 1. The van der Waals surface area contributed by atoms with Crippen molar-refractivity contribution in [1.82, 2.24) is 20.3 Å². The number of rotatable bonds is 2. The highest BCUT2D eigenvalue weighted by Gasteiger charge is 2.16. The number of hydrogen-bond acceptors (Lipinski definition) is 5. The molecule has 22 heavy (non-hydrogen) atoms. The van der Waals surface area contributed by atoms with Crippen LogP contribution in [0.15, 0.2) is 30.7 Å². The molecule has 0 aliphatic heterocycles. The van der Waals surface area contributed by atoms with E-state index in [0.29, 0.717) is 5.82 Å². The zero-order valence-electron chi connectivity index (χ0n) is 12.6. The second-order valence-electron chi connectivity index (χ2n) is 5.63. The maximum Gasteiger partial charge on any atom is 0.320 e. The Morgan fingerprint density at radius 2 is 1.95 bits per heavy atom. The summed E-state index contributed by atoms with van der Waals surface area (Å²) in [6, 6.07) is 5.04. The molecule has 7 heteroatoms. The van der Waals surface area contributed by atoms with Crippen molar-refractivity contribution in [1.29, 1.82) is 5.26 Å². The molecule has 0 bridgehead atoms. The Morgan fingerprint density at radius 3 is 2.55 bits per heavy atom. The Kier molecular flexibility index (Phi) is 4.32. The van der Waals surface area contributed by atoms with Crippen molar-refractivity contribution in [3.63, 3.8) is 0 Å². The number of nitrogens with one attached hydrogen (secondary N) is 2. The van der Waals surface area contributed by atoms with Crippen LogP contribution in [0.5, 0.6) is 0 Å². The molecule has 0 spiro atoms. The summed E-state index contributed by atoms with van der Waals surface area (Å²) >= 11 is 0. The summed E-state index contributed by atoms with van der Waals surface area (Å²) in [7, 11) is 0. The molecule has 2 aromatic heterocycles. The van der Waals surface area contributed by atoms with Crippen LogP contribution in [0.25, 0.3) is 11.4 Å². The Morgan fingerprint density at radius 1 is 1.27 bits per heavy atom. The maximum absolute atomic E-state index is 11.9. The largest absolute Gasteiger partial charge is 0.333 e. The van der Waals surface area contributed by atoms with Crippen molar-refractivity contribution in [3.05, 3.63) is 36.3 Å². The number of nitriles is 1. The zero-order valence-corrected chi connectivity index (χ0v) is 12.6. The van der Waals surface area contributed by atoms with Crippen molar-refractivity contribution >= 4 is 11.8 Å². The molecule has 2 amide bonds. The van der Waals surface area contributed by atoms with Gasteiger partial charge in [-0.1, -0.05) is 0 Å². The average Bonchev–Trinajstić information content (AvgIpc) is 2.46. The number of carbonyl (C=O) groups is 1. The number of amides is 2. The normalized spacial score (nSPS) is 10.6. The molecule has 112 valence electrons. The minimum atomic E-state index is -0.427. The van der Waals surface area contributed by atoms with Crippen molar-refractivity contribution < 1.29 is 4.79 Å². The summed E-state index contributed by atoms with van der Waals surface area (Å²) in [5.74, 6) is 0.582. The zero-order chi connectivity index (χ0) is 16.2. The van der Waals surface area contributed by atoms with E-state index in [9.17, 15) is 4.79 Å². The van der Waals surface area contributed by atoms with Crippen LogP contribution >= 0.6 is 0 Å². The molecule has 0 aliphatic rings. The van der Waals surface area contributed by atoms with Gasteiger partial charge in [0, 0.05) is 23.5 Å². The van der Waals surface area contributed by atoms with E-state index >= 15 is 0 Å². The molecule has 0 unspecified atom stereocenters. The Hall–Kier alpha value is -3.01. The first-order valence-corrected chi connectivity index (χ1v) is 6.66. The summed E-state index contributed by atoms with van der Waals surface area (Å²) in [5, 5.41) is 14.5. The van der Waals surface area contributed by atoms with Crippen molar-refractivity contribution in [2.75, 3.05) is 5.32 Å². The fraction of sp³-hybridized carbons (Fsp3) is 0.267. The molecule has 2 N–H and O–H groups in total. The van der Waals surface area contributed by atoms with Gasteiger partial charge in [0.25, 0.3) is 0 Å². The van der Waals surface area contributed by atoms with E-state index in [0.717, 1.165) is 5.56 Å². The van der Waals surface area contributed by atoms with Crippen molar-refractivity contribution in [2.45, 2.75) is 26.3 Å². The van der Waals surface area contributed by atoms with Gasteiger partial charge >= 0.3 is 6.03 Å². The third-order valence-corrected chi connectivity index (χ3v) is 2.57. The number of nitrogens with zero attached hydrogens (tertiary/aromatic N) is 4. The second kappa shape index (κ2) is 6.18. The summed E-state index contributed by atoms with van der Waals surface area (Å²) in [6.45, 7) is 5.58. The minimum absolute atomic E-state index is 0.172. The Balaban J connectivity index is 2.30. The molecule has 0 saturated carbocycles. The van der Waals surface area contributed by atoms with Crippen LogP contribution in [0.3, 0.4) is 0 Å². The molecule has 2 aromatic rings. The Bertz CT molecular complexity index is 715. The molecular weight excluding hydrogens is 280 g/mol. The van der Waals surface area contributed by atoms with E-state index in [1.165, 1.54) is 6.20 Å². The van der Waals surface area contributed by atoms with E-state index in [-0.39, 0.29) is 11.4 Å². The molecule has 0 aliphatic carbocycles. The summed E-state index contributed by atoms with van der Waals surface area (Å²) in [6.07, 6.45) is 4.63. The van der Waals surface area contributed by atoms with Gasteiger partial charge in [-0.05, 0) is 32.9 Å². The standard InChI is InChI=1S/C15H16N6O/c1-15(2,3)21-14(22)20-13-11(8-16)9-18-12(19-13)10-4-6-17-7-5-10/h4-7,9H,1-3H3,(H2,18,19,20,21,22). The summed E-state index contributed by atoms with van der Waals surface area (Å²) in [4.78, 5) is 24.2. The lowest BCUT2D eigenvalue weighted by molar-refractivity contribution is 0.243. The topological polar surface area (TPSA) is 104 Å². The molecule has 7 nitrogen and oxygen atoms in total. The molecule has 2 heterocycles. The van der Waals surface area contributed by atoms with Gasteiger partial charge in [-0.3, -0.25) is 10.3 Å². The van der Waals surface area contributed by atoms with Crippen LogP contribution in [-0.2, 0) is 0 Å². The monoisotopic (exact) mass is 296 g/mol. The smallest absolute Gasteiger partial charge is 0.320 e. The Labute approximate surface area is 128 Å². The summed E-state index contributed by atoms with van der Waals surface area (Å²) in [5.41, 5.74) is 0.554. The fourth-order valence-corrected chi connectivity index (χ4v) is 1.68. The highest BCUT2D eigenvalue weighted by molar-refractivity contribution is 5.90. The van der Waals surface area contributed by atoms with Crippen LogP contribution in [0.2, 0.25) is 0 Å². The minimum Gasteiger partial charge on any atom is -0.333 e. The van der Waals surface area contributed by atoms with Crippen molar-refractivity contribution in [2.24, 2.45) is 0 Å². The van der Waals surface area contributed by atoms with E-state index in [4.69, 9.17) is 5.26 Å². The first-order chi connectivity index (χ1) is 10.4. The molecular formula is C15H16N6O. The van der Waals surface area contributed by atoms with Crippen LogP contribution in [-0.4, -0.2) is 26.5 Å². The van der Waals surface area contributed by atoms with Crippen LogP contribution < -0.4 is 10.6 Å². The fourth-order valence-electron chi connectivity index (χ4n) is 1.68. The lowest BCUT2D eigenvalue weighted by atomic mass is 10.1. The van der Waals surface area contributed by atoms with Gasteiger partial charge in [0.2, 0.25) is 0 Å². The van der Waals surface area contributed by atoms with Gasteiger partial charge in [0.15, 0.2) is 11.6 Å². The average molecular weight is 296 g/mol. The number of urea groups is 1. The van der Waals surface area contributed by atoms with Crippen molar-refractivity contribution in [3.8, 4) is 17.5 Å². The third kappa shape index (κ3) is 3.99. The molecule has 0 saturated heterocycles. The van der Waals surface area contributed by atoms with E-state index in [2.05, 4.69) is 25.6 Å². The molecule has 0 fully saturated rings. The number of aromatic nitrogens is 3. The van der Waals surface area contributed by atoms with Gasteiger partial charge < -0.3 is 5.32 Å². The number of hydrogen-bond donors (Lipinski definition) is 2. The lowest BCUT2D eigenvalue weighted by Crippen LogP contribution is -2.43. The SMILES string of the molecule is CC(C)(C)NC(=O)Nc1nc(-c2ccncc2)ncc1C#N. The van der Waals surface area contributed by atoms with Crippen LogP contribution in [0.1, 0.15) is 26.3 Å². The van der Waals surface area contributed by atoms with Gasteiger partial charge in [-0.15, -0.1) is 0 Å². The molecule has 0 atom stereocenters. The van der Waals surface area contributed by atoms with Crippen LogP contribution in [0.4, 0.5) is 10.6 Å². The second-order valence-corrected chi connectivity index (χ2v) is 5.63. The quantitative estimate of drug-likeness (QED) is 0.885. The van der Waals surface area contributed by atoms with E-state index in [1.807, 2.05) is 26.8 Å². The van der Waals surface area contributed by atoms with Gasteiger partial charge in [-0.25, -0.2) is 14.8 Å². The van der Waals surface area contributed by atoms with Gasteiger partial charge in [0.1, 0.15) is 11.6 Å². The molecule has 0 radical (unpaired) electrons. The van der Waals surface area contributed by atoms with Gasteiger partial charge in [0.05, 0.1) is 6.20 Å². The van der Waals surface area contributed by atoms with Gasteiger partial charge in [-0.2, -0.15) is 5.26 Å². The molecule has 0 aromatic carbocycles. The van der Waals surface area contributed by atoms with Crippen LogP contribution in [0, 0.1) is 11.3 Å². The number of anilines is 1. The summed E-state index contributed by atoms with van der Waals surface area (Å²) < 4.78 is 0. The predicted octanol–water partition coefficient (Wildman–Crippen LogP) is 2.33. The highest BCUT2D eigenvalue weighted by Crippen LogP contribution is 2.18. The maximum atomic E-state index is 11.9. The van der Waals surface area contributed by atoms with E-state index < -0.39 is 11.6 Å². The first kappa shape index (κ1) is 15.4. The first-order valence-electron chi connectivity index (χ1n) is 6.66. The lowest BCUT2D eigenvalue weighted by Gasteiger charge is -2.20. The van der Waals surface area contributed by atoms with E-state index in [1.54, 1.807) is 24.5 Å². The highest BCUT2D eigenvalue weighted by atomic mass is 16.2. The third-order valence-electron chi connectivity index (χ3n) is 2.57. The predicted molar refractivity (Wildman–Crippen MR) is 81.9 cm³/mol. The molecule has 2 rings (SSSR count). The number of carbonyl (C=O) groups excluding carboxylic acids is 1.